The normalized spacial score (nSPS) is 16.4. The number of nitrogens with zero attached hydrogens (tertiary/aromatic N) is 1. The number of hydrogen-bond acceptors (Lipinski definition) is 6. The highest BCUT2D eigenvalue weighted by Gasteiger charge is 2.32. The number of benzene rings is 2. The quantitative estimate of drug-likeness (QED) is 0.685. The highest BCUT2D eigenvalue weighted by atomic mass is 16.6. The molecule has 0 saturated carbocycles. The summed E-state index contributed by atoms with van der Waals surface area (Å²) in [5.74, 6) is 0.153. The van der Waals surface area contributed by atoms with Gasteiger partial charge in [0.15, 0.2) is 24.7 Å². The molecule has 164 valence electrons. The van der Waals surface area contributed by atoms with E-state index in [1.807, 2.05) is 50.2 Å². The van der Waals surface area contributed by atoms with Gasteiger partial charge < -0.3 is 24.4 Å². The van der Waals surface area contributed by atoms with Crippen LogP contribution in [-0.2, 0) is 20.7 Å². The van der Waals surface area contributed by atoms with Crippen LogP contribution >= 0.6 is 0 Å². The molecule has 2 aromatic rings. The van der Waals surface area contributed by atoms with E-state index in [-0.39, 0.29) is 18.8 Å². The Bertz CT molecular complexity index is 949. The Morgan fingerprint density at radius 1 is 1.06 bits per heavy atom. The molecule has 1 saturated heterocycles. The van der Waals surface area contributed by atoms with E-state index in [1.165, 1.54) is 12.8 Å². The number of hydrogen-bond donors (Lipinski definition) is 1. The fourth-order valence-corrected chi connectivity index (χ4v) is 3.95. The number of anilines is 2. The number of carbonyl (C=O) groups is 2. The van der Waals surface area contributed by atoms with Crippen LogP contribution < -0.4 is 19.7 Å². The van der Waals surface area contributed by atoms with E-state index in [0.717, 1.165) is 30.8 Å². The summed E-state index contributed by atoms with van der Waals surface area (Å²) in [6, 6.07) is 13.3. The summed E-state index contributed by atoms with van der Waals surface area (Å²) in [5.41, 5.74) is 2.57. The van der Waals surface area contributed by atoms with Crippen molar-refractivity contribution in [1.29, 1.82) is 0 Å². The molecule has 0 aromatic heterocycles. The lowest BCUT2D eigenvalue weighted by Gasteiger charge is -2.18. The molecule has 1 amide bonds. The predicted molar refractivity (Wildman–Crippen MR) is 118 cm³/mol. The molecule has 1 fully saturated rings. The molecule has 0 unspecified atom stereocenters. The van der Waals surface area contributed by atoms with Crippen LogP contribution in [0.3, 0.4) is 0 Å². The lowest BCUT2D eigenvalue weighted by molar-refractivity contribution is -0.149. The van der Waals surface area contributed by atoms with Gasteiger partial charge in [-0.15, -0.1) is 0 Å². The first-order valence-corrected chi connectivity index (χ1v) is 10.6. The van der Waals surface area contributed by atoms with E-state index in [1.54, 1.807) is 6.07 Å². The molecular formula is C24H28N2O5. The van der Waals surface area contributed by atoms with Gasteiger partial charge in [0, 0.05) is 36.4 Å². The monoisotopic (exact) mass is 424 g/mol. The van der Waals surface area contributed by atoms with Crippen molar-refractivity contribution in [3.05, 3.63) is 48.0 Å². The van der Waals surface area contributed by atoms with E-state index < -0.39 is 11.9 Å². The Labute approximate surface area is 182 Å². The molecule has 7 heteroatoms. The number of esters is 1. The number of amides is 1. The van der Waals surface area contributed by atoms with Crippen molar-refractivity contribution >= 4 is 23.3 Å². The zero-order valence-corrected chi connectivity index (χ0v) is 18.0. The van der Waals surface area contributed by atoms with E-state index >= 15 is 0 Å². The second-order valence-corrected chi connectivity index (χ2v) is 8.52. The second kappa shape index (κ2) is 8.88. The third-order valence-corrected chi connectivity index (χ3v) is 5.39. The molecule has 2 aliphatic rings. The maximum Gasteiger partial charge on any atom is 0.344 e. The molecule has 0 bridgehead atoms. The minimum absolute atomic E-state index is 0.294. The Hall–Kier alpha value is -3.22. The average Bonchev–Trinajstić information content (AvgIpc) is 3.38. The summed E-state index contributed by atoms with van der Waals surface area (Å²) in [5, 5.41) is 2.74. The van der Waals surface area contributed by atoms with Crippen molar-refractivity contribution in [2.45, 2.75) is 38.7 Å². The Kier molecular flexibility index (Phi) is 6.02. The molecule has 0 atom stereocenters. The minimum Gasteiger partial charge on any atom is -0.483 e. The maximum atomic E-state index is 12.1. The molecule has 1 N–H and O–H groups in total. The van der Waals surface area contributed by atoms with E-state index in [2.05, 4.69) is 10.2 Å². The van der Waals surface area contributed by atoms with Gasteiger partial charge in [0.2, 0.25) is 0 Å². The van der Waals surface area contributed by atoms with E-state index in [4.69, 9.17) is 14.2 Å². The van der Waals surface area contributed by atoms with E-state index in [0.29, 0.717) is 17.2 Å². The standard InChI is InChI=1S/C24H28N2O5/c1-24(2)14-17-6-5-7-20(23(17)31-24)29-16-22(28)30-15-21(27)25-18-8-10-19(11-9-18)26-12-3-4-13-26/h5-11H,3-4,12-16H2,1-2H3,(H,25,27). The molecule has 0 radical (unpaired) electrons. The molecule has 7 nitrogen and oxygen atoms in total. The smallest absolute Gasteiger partial charge is 0.344 e. The van der Waals surface area contributed by atoms with Crippen molar-refractivity contribution < 1.29 is 23.8 Å². The van der Waals surface area contributed by atoms with Gasteiger partial charge in [-0.1, -0.05) is 12.1 Å². The molecule has 4 rings (SSSR count). The fraction of sp³-hybridized carbons (Fsp3) is 0.417. The van der Waals surface area contributed by atoms with Gasteiger partial charge in [-0.2, -0.15) is 0 Å². The first-order chi connectivity index (χ1) is 14.9. The van der Waals surface area contributed by atoms with Gasteiger partial charge in [-0.3, -0.25) is 4.79 Å². The lowest BCUT2D eigenvalue weighted by atomic mass is 10.0. The Balaban J connectivity index is 1.22. The number of carbonyl (C=O) groups excluding carboxylic acids is 2. The van der Waals surface area contributed by atoms with Gasteiger partial charge in [-0.25, -0.2) is 4.79 Å². The largest absolute Gasteiger partial charge is 0.483 e. The molecular weight excluding hydrogens is 396 g/mol. The SMILES string of the molecule is CC1(C)Cc2cccc(OCC(=O)OCC(=O)Nc3ccc(N4CCCC4)cc3)c2O1. The van der Waals surface area contributed by atoms with Crippen LogP contribution in [0.4, 0.5) is 11.4 Å². The lowest BCUT2D eigenvalue weighted by Crippen LogP contribution is -2.25. The van der Waals surface area contributed by atoms with Crippen LogP contribution in [0.1, 0.15) is 32.3 Å². The summed E-state index contributed by atoms with van der Waals surface area (Å²) < 4.78 is 16.5. The Morgan fingerprint density at radius 3 is 2.55 bits per heavy atom. The summed E-state index contributed by atoms with van der Waals surface area (Å²) in [7, 11) is 0. The molecule has 0 aliphatic carbocycles. The zero-order chi connectivity index (χ0) is 21.8. The van der Waals surface area contributed by atoms with Crippen molar-refractivity contribution in [3.63, 3.8) is 0 Å². The topological polar surface area (TPSA) is 77.1 Å². The molecule has 2 aliphatic heterocycles. The summed E-state index contributed by atoms with van der Waals surface area (Å²) >= 11 is 0. The van der Waals surface area contributed by atoms with Crippen molar-refractivity contribution in [1.82, 2.24) is 0 Å². The van der Waals surface area contributed by atoms with Crippen LogP contribution in [-0.4, -0.2) is 43.8 Å². The summed E-state index contributed by atoms with van der Waals surface area (Å²) in [6.45, 7) is 5.48. The molecule has 0 spiro atoms. The van der Waals surface area contributed by atoms with Crippen LogP contribution in [0.15, 0.2) is 42.5 Å². The van der Waals surface area contributed by atoms with Gasteiger partial charge in [-0.05, 0) is 57.0 Å². The highest BCUT2D eigenvalue weighted by Crippen LogP contribution is 2.41. The number of fused-ring (bicyclic) bond motifs is 1. The molecule has 2 heterocycles. The summed E-state index contributed by atoms with van der Waals surface area (Å²) in [4.78, 5) is 26.4. The molecule has 2 aromatic carbocycles. The van der Waals surface area contributed by atoms with Crippen molar-refractivity contribution in [2.75, 3.05) is 36.5 Å². The van der Waals surface area contributed by atoms with Crippen molar-refractivity contribution in [3.8, 4) is 11.5 Å². The van der Waals surface area contributed by atoms with Gasteiger partial charge in [0.05, 0.1) is 0 Å². The maximum absolute atomic E-state index is 12.1. The average molecular weight is 424 g/mol. The van der Waals surface area contributed by atoms with E-state index in [9.17, 15) is 9.59 Å². The zero-order valence-electron chi connectivity index (χ0n) is 18.0. The molecule has 31 heavy (non-hydrogen) atoms. The number of ether oxygens (including phenoxy) is 3. The van der Waals surface area contributed by atoms with Gasteiger partial charge >= 0.3 is 5.97 Å². The third kappa shape index (κ3) is 5.29. The number of nitrogens with one attached hydrogen (secondary N) is 1. The highest BCUT2D eigenvalue weighted by molar-refractivity contribution is 5.93. The van der Waals surface area contributed by atoms with Crippen LogP contribution in [0.2, 0.25) is 0 Å². The first kappa shape index (κ1) is 21.0. The van der Waals surface area contributed by atoms with Crippen LogP contribution in [0.5, 0.6) is 11.5 Å². The van der Waals surface area contributed by atoms with Crippen molar-refractivity contribution in [2.24, 2.45) is 0 Å². The first-order valence-electron chi connectivity index (χ1n) is 10.6. The second-order valence-electron chi connectivity index (χ2n) is 8.52. The predicted octanol–water partition coefficient (Wildman–Crippen LogP) is 3.56. The van der Waals surface area contributed by atoms with Gasteiger partial charge in [0.25, 0.3) is 5.91 Å². The fourth-order valence-electron chi connectivity index (χ4n) is 3.95. The van der Waals surface area contributed by atoms with Gasteiger partial charge in [0.1, 0.15) is 5.60 Å². The van der Waals surface area contributed by atoms with Crippen LogP contribution in [0.25, 0.3) is 0 Å². The minimum atomic E-state index is -0.616. The number of rotatable bonds is 7. The van der Waals surface area contributed by atoms with Crippen LogP contribution in [0, 0.1) is 0 Å². The Morgan fingerprint density at radius 2 is 1.81 bits per heavy atom. The summed E-state index contributed by atoms with van der Waals surface area (Å²) in [6.07, 6.45) is 3.21. The third-order valence-electron chi connectivity index (χ3n) is 5.39. The number of para-hydroxylation sites is 1.